The normalized spacial score (nSPS) is 11.1. The summed E-state index contributed by atoms with van der Waals surface area (Å²) in [5.41, 5.74) is 6.27. The fourth-order valence-corrected chi connectivity index (χ4v) is 4.06. The Bertz CT molecular complexity index is 1290. The molecular weight excluding hydrogens is 477 g/mol. The topological polar surface area (TPSA) is 72.2 Å². The molecule has 166 valence electrons. The number of carbonyl (C=O) groups is 1. The van der Waals surface area contributed by atoms with Crippen LogP contribution in [0.4, 0.5) is 0 Å². The van der Waals surface area contributed by atoms with Crippen LogP contribution in [0.25, 0.3) is 17.1 Å². The lowest BCUT2D eigenvalue weighted by Crippen LogP contribution is -2.20. The minimum absolute atomic E-state index is 0.123. The average molecular weight is 496 g/mol. The van der Waals surface area contributed by atoms with E-state index >= 15 is 0 Å². The van der Waals surface area contributed by atoms with E-state index in [0.717, 1.165) is 22.4 Å². The van der Waals surface area contributed by atoms with E-state index in [1.807, 2.05) is 60.0 Å². The number of hydrogen-bond acceptors (Lipinski definition) is 5. The summed E-state index contributed by atoms with van der Waals surface area (Å²) in [4.78, 5) is 12.3. The number of amides is 1. The van der Waals surface area contributed by atoms with Crippen molar-refractivity contribution in [1.29, 1.82) is 0 Å². The predicted octanol–water partition coefficient (Wildman–Crippen LogP) is 5.79. The van der Waals surface area contributed by atoms with Gasteiger partial charge in [0.1, 0.15) is 0 Å². The SMILES string of the molecule is Cc1cccc(/C=N\NC(=O)CSc2nnc(-c3ccc(Cl)cc3)n2-c2ccc(Cl)cc2)c1. The van der Waals surface area contributed by atoms with E-state index in [4.69, 9.17) is 23.2 Å². The highest BCUT2D eigenvalue weighted by atomic mass is 35.5. The number of hydrazone groups is 1. The zero-order chi connectivity index (χ0) is 23.2. The molecule has 0 radical (unpaired) electrons. The molecule has 1 aromatic heterocycles. The van der Waals surface area contributed by atoms with Crippen molar-refractivity contribution in [2.24, 2.45) is 5.10 Å². The lowest BCUT2D eigenvalue weighted by Gasteiger charge is -2.10. The van der Waals surface area contributed by atoms with Crippen LogP contribution in [0.15, 0.2) is 83.1 Å². The van der Waals surface area contributed by atoms with E-state index in [0.29, 0.717) is 21.0 Å². The van der Waals surface area contributed by atoms with E-state index in [9.17, 15) is 4.79 Å². The summed E-state index contributed by atoms with van der Waals surface area (Å²) in [6.45, 7) is 2.00. The Morgan fingerprint density at radius 1 is 1.03 bits per heavy atom. The molecule has 0 aliphatic heterocycles. The number of hydrogen-bond donors (Lipinski definition) is 1. The molecule has 0 unspecified atom stereocenters. The van der Waals surface area contributed by atoms with E-state index in [-0.39, 0.29) is 11.7 Å². The molecule has 0 saturated heterocycles. The summed E-state index contributed by atoms with van der Waals surface area (Å²) in [5.74, 6) is 0.509. The van der Waals surface area contributed by atoms with Crippen LogP contribution in [0.1, 0.15) is 11.1 Å². The van der Waals surface area contributed by atoms with E-state index in [1.165, 1.54) is 11.8 Å². The number of halogens is 2. The third-order valence-corrected chi connectivity index (χ3v) is 6.03. The van der Waals surface area contributed by atoms with Crippen molar-refractivity contribution in [1.82, 2.24) is 20.2 Å². The fourth-order valence-electron chi connectivity index (χ4n) is 3.06. The van der Waals surface area contributed by atoms with Crippen LogP contribution in [0, 0.1) is 6.92 Å². The number of aromatic nitrogens is 3. The first-order chi connectivity index (χ1) is 16.0. The molecule has 4 aromatic rings. The molecule has 1 heterocycles. The fraction of sp³-hybridized carbons (Fsp3) is 0.0833. The summed E-state index contributed by atoms with van der Waals surface area (Å²) in [5, 5.41) is 14.5. The van der Waals surface area contributed by atoms with Gasteiger partial charge in [0.25, 0.3) is 5.91 Å². The second kappa shape index (κ2) is 10.7. The number of benzene rings is 3. The number of nitrogens with zero attached hydrogens (tertiary/aromatic N) is 4. The Morgan fingerprint density at radius 2 is 1.73 bits per heavy atom. The quantitative estimate of drug-likeness (QED) is 0.200. The highest BCUT2D eigenvalue weighted by Gasteiger charge is 2.17. The van der Waals surface area contributed by atoms with Gasteiger partial charge in [-0.2, -0.15) is 5.10 Å². The van der Waals surface area contributed by atoms with Crippen molar-refractivity contribution in [3.63, 3.8) is 0 Å². The van der Waals surface area contributed by atoms with Gasteiger partial charge in [-0.1, -0.05) is 64.8 Å². The van der Waals surface area contributed by atoms with Gasteiger partial charge in [0.15, 0.2) is 11.0 Å². The molecular formula is C24H19Cl2N5OS. The zero-order valence-corrected chi connectivity index (χ0v) is 19.9. The molecule has 0 aliphatic carbocycles. The molecule has 3 aromatic carbocycles. The molecule has 0 spiro atoms. The lowest BCUT2D eigenvalue weighted by atomic mass is 10.2. The molecule has 0 fully saturated rings. The smallest absolute Gasteiger partial charge is 0.250 e. The predicted molar refractivity (Wildman–Crippen MR) is 134 cm³/mol. The van der Waals surface area contributed by atoms with Crippen LogP contribution in [-0.4, -0.2) is 32.6 Å². The van der Waals surface area contributed by atoms with Crippen molar-refractivity contribution in [2.75, 3.05) is 5.75 Å². The molecule has 0 bridgehead atoms. The van der Waals surface area contributed by atoms with E-state index in [2.05, 4.69) is 20.7 Å². The summed E-state index contributed by atoms with van der Waals surface area (Å²) >= 11 is 13.4. The highest BCUT2D eigenvalue weighted by molar-refractivity contribution is 7.99. The monoisotopic (exact) mass is 495 g/mol. The van der Waals surface area contributed by atoms with Gasteiger partial charge in [0.05, 0.1) is 12.0 Å². The molecule has 0 atom stereocenters. The van der Waals surface area contributed by atoms with Gasteiger partial charge < -0.3 is 0 Å². The molecule has 0 saturated carbocycles. The van der Waals surface area contributed by atoms with Crippen molar-refractivity contribution in [2.45, 2.75) is 12.1 Å². The average Bonchev–Trinajstić information content (AvgIpc) is 3.23. The van der Waals surface area contributed by atoms with Gasteiger partial charge >= 0.3 is 0 Å². The van der Waals surface area contributed by atoms with Gasteiger partial charge in [-0.15, -0.1) is 10.2 Å². The maximum absolute atomic E-state index is 12.3. The first-order valence-corrected chi connectivity index (χ1v) is 11.7. The van der Waals surface area contributed by atoms with Crippen LogP contribution < -0.4 is 5.43 Å². The minimum atomic E-state index is -0.248. The molecule has 1 N–H and O–H groups in total. The Morgan fingerprint density at radius 3 is 2.42 bits per heavy atom. The maximum Gasteiger partial charge on any atom is 0.250 e. The highest BCUT2D eigenvalue weighted by Crippen LogP contribution is 2.29. The molecule has 9 heteroatoms. The van der Waals surface area contributed by atoms with Crippen molar-refractivity contribution >= 4 is 47.1 Å². The molecule has 6 nitrogen and oxygen atoms in total. The second-order valence-electron chi connectivity index (χ2n) is 7.12. The molecule has 4 rings (SSSR count). The first kappa shape index (κ1) is 23.0. The van der Waals surface area contributed by atoms with Crippen molar-refractivity contribution in [3.05, 3.63) is 94.0 Å². The van der Waals surface area contributed by atoms with Crippen molar-refractivity contribution in [3.8, 4) is 17.1 Å². The maximum atomic E-state index is 12.3. The number of thioether (sulfide) groups is 1. The van der Waals surface area contributed by atoms with Gasteiger partial charge in [-0.25, -0.2) is 5.43 Å². The largest absolute Gasteiger partial charge is 0.272 e. The van der Waals surface area contributed by atoms with Gasteiger partial charge in [0, 0.05) is 21.3 Å². The number of aryl methyl sites for hydroxylation is 1. The van der Waals surface area contributed by atoms with Gasteiger partial charge in [-0.05, 0) is 61.0 Å². The van der Waals surface area contributed by atoms with E-state index in [1.54, 1.807) is 30.5 Å². The van der Waals surface area contributed by atoms with Gasteiger partial charge in [-0.3, -0.25) is 9.36 Å². The third-order valence-electron chi connectivity index (χ3n) is 4.60. The molecule has 1 amide bonds. The number of carbonyl (C=O) groups excluding carboxylic acids is 1. The Labute approximate surface area is 205 Å². The summed E-state index contributed by atoms with van der Waals surface area (Å²) in [6.07, 6.45) is 1.62. The summed E-state index contributed by atoms with van der Waals surface area (Å²) < 4.78 is 1.88. The van der Waals surface area contributed by atoms with Crippen LogP contribution in [0.2, 0.25) is 10.0 Å². The van der Waals surface area contributed by atoms with Crippen LogP contribution >= 0.6 is 35.0 Å². The zero-order valence-electron chi connectivity index (χ0n) is 17.6. The summed E-state index contributed by atoms with van der Waals surface area (Å²) in [7, 11) is 0. The van der Waals surface area contributed by atoms with Crippen LogP contribution in [-0.2, 0) is 4.79 Å². The van der Waals surface area contributed by atoms with E-state index < -0.39 is 0 Å². The van der Waals surface area contributed by atoms with Crippen molar-refractivity contribution < 1.29 is 4.79 Å². The number of rotatable bonds is 7. The second-order valence-corrected chi connectivity index (χ2v) is 8.94. The summed E-state index contributed by atoms with van der Waals surface area (Å²) in [6, 6.07) is 22.5. The third kappa shape index (κ3) is 6.01. The Kier molecular flexibility index (Phi) is 7.44. The first-order valence-electron chi connectivity index (χ1n) is 9.98. The van der Waals surface area contributed by atoms with Crippen LogP contribution in [0.3, 0.4) is 0 Å². The molecule has 0 aliphatic rings. The minimum Gasteiger partial charge on any atom is -0.272 e. The Hall–Kier alpha value is -3.13. The lowest BCUT2D eigenvalue weighted by molar-refractivity contribution is -0.118. The molecule has 33 heavy (non-hydrogen) atoms. The number of nitrogens with one attached hydrogen (secondary N) is 1. The standard InChI is InChI=1S/C24H19Cl2N5OS/c1-16-3-2-4-17(13-16)14-27-28-22(32)15-33-24-30-29-23(18-5-7-19(25)8-6-18)31(24)21-11-9-20(26)10-12-21/h2-14H,15H2,1H3,(H,28,32)/b27-14-. The van der Waals surface area contributed by atoms with Gasteiger partial charge in [0.2, 0.25) is 0 Å². The Balaban J connectivity index is 1.51. The van der Waals surface area contributed by atoms with Crippen LogP contribution in [0.5, 0.6) is 0 Å².